The highest BCUT2D eigenvalue weighted by Gasteiger charge is 2.58. The van der Waals surface area contributed by atoms with Crippen LogP contribution in [0.1, 0.15) is 70.6 Å². The maximum Gasteiger partial charge on any atom is 0.110 e. The lowest BCUT2D eigenvalue weighted by molar-refractivity contribution is -0.179. The van der Waals surface area contributed by atoms with Gasteiger partial charge in [-0.3, -0.25) is 0 Å². The molecule has 21 heavy (non-hydrogen) atoms. The largest absolute Gasteiger partial charge is 0.388 e. The number of hydrogen-bond acceptors (Lipinski definition) is 3. The topological polar surface area (TPSA) is 53.2 Å². The second-order valence-corrected chi connectivity index (χ2v) is 7.52. The molecule has 0 bridgehead atoms. The van der Waals surface area contributed by atoms with Gasteiger partial charge in [0.2, 0.25) is 0 Å². The third-order valence-electron chi connectivity index (χ3n) is 6.44. The maximum absolute atomic E-state index is 11.7. The Bertz CT molecular complexity index is 391. The molecule has 0 aromatic heterocycles. The number of nitriles is 1. The van der Waals surface area contributed by atoms with Gasteiger partial charge in [-0.25, -0.2) is 0 Å². The number of aliphatic hydroxyl groups is 1. The summed E-state index contributed by atoms with van der Waals surface area (Å²) in [6.45, 7) is 1.18. The third-order valence-corrected chi connectivity index (χ3v) is 6.44. The first-order valence-corrected chi connectivity index (χ1v) is 8.93. The summed E-state index contributed by atoms with van der Waals surface area (Å²) in [6, 6.07) is 2.52. The fraction of sp³-hybridized carbons (Fsp3) is 0.944. The van der Waals surface area contributed by atoms with Crippen LogP contribution in [0.5, 0.6) is 0 Å². The Morgan fingerprint density at radius 3 is 2.38 bits per heavy atom. The van der Waals surface area contributed by atoms with Gasteiger partial charge >= 0.3 is 0 Å². The first kappa shape index (κ1) is 15.3. The second kappa shape index (κ2) is 6.26. The standard InChI is InChI=1S/C18H29NO2/c19-13-17(10-6-12-21-14-17)18(20)11-5-4-9-16(18)15-7-2-1-3-8-15/h15-16,20H,1-12,14H2. The minimum atomic E-state index is -0.817. The molecule has 0 amide bonds. The van der Waals surface area contributed by atoms with Gasteiger partial charge in [0.05, 0.1) is 18.3 Å². The van der Waals surface area contributed by atoms with Crippen LogP contribution in [0.2, 0.25) is 0 Å². The fourth-order valence-corrected chi connectivity index (χ4v) is 5.26. The summed E-state index contributed by atoms with van der Waals surface area (Å²) < 4.78 is 5.65. The van der Waals surface area contributed by atoms with Gasteiger partial charge in [-0.15, -0.1) is 0 Å². The van der Waals surface area contributed by atoms with E-state index < -0.39 is 11.0 Å². The summed E-state index contributed by atoms with van der Waals surface area (Å²) in [5, 5.41) is 21.5. The van der Waals surface area contributed by atoms with Crippen molar-refractivity contribution in [2.75, 3.05) is 13.2 Å². The van der Waals surface area contributed by atoms with Crippen LogP contribution in [-0.2, 0) is 4.74 Å². The lowest BCUT2D eigenvalue weighted by Crippen LogP contribution is -2.59. The SMILES string of the molecule is N#CC1(C2(O)CCCCC2C2CCCCC2)CCCOC1. The van der Waals surface area contributed by atoms with Gasteiger partial charge in [0.1, 0.15) is 5.41 Å². The average Bonchev–Trinajstić information content (AvgIpc) is 2.56. The molecular weight excluding hydrogens is 262 g/mol. The van der Waals surface area contributed by atoms with Gasteiger partial charge in [-0.1, -0.05) is 44.9 Å². The van der Waals surface area contributed by atoms with Crippen molar-refractivity contribution < 1.29 is 9.84 Å². The van der Waals surface area contributed by atoms with E-state index in [0.717, 1.165) is 38.7 Å². The molecule has 3 aliphatic rings. The number of hydrogen-bond donors (Lipinski definition) is 1. The van der Waals surface area contributed by atoms with Crippen molar-refractivity contribution in [2.24, 2.45) is 17.3 Å². The fourth-order valence-electron chi connectivity index (χ4n) is 5.26. The van der Waals surface area contributed by atoms with E-state index in [9.17, 15) is 10.4 Å². The van der Waals surface area contributed by atoms with Gasteiger partial charge < -0.3 is 9.84 Å². The Hall–Kier alpha value is -0.590. The van der Waals surface area contributed by atoms with Crippen molar-refractivity contribution in [3.63, 3.8) is 0 Å². The summed E-state index contributed by atoms with van der Waals surface area (Å²) in [6.07, 6.45) is 12.3. The van der Waals surface area contributed by atoms with Crippen LogP contribution in [0.25, 0.3) is 0 Å². The van der Waals surface area contributed by atoms with Crippen LogP contribution in [-0.4, -0.2) is 23.9 Å². The monoisotopic (exact) mass is 291 g/mol. The molecule has 0 spiro atoms. The minimum absolute atomic E-state index is 0.313. The molecule has 1 aliphatic heterocycles. The molecule has 2 aliphatic carbocycles. The quantitative estimate of drug-likeness (QED) is 0.841. The molecule has 1 heterocycles. The number of nitrogens with zero attached hydrogens (tertiary/aromatic N) is 1. The van der Waals surface area contributed by atoms with Crippen LogP contribution in [0.4, 0.5) is 0 Å². The third kappa shape index (κ3) is 2.62. The molecular formula is C18H29NO2. The van der Waals surface area contributed by atoms with Crippen LogP contribution in [0, 0.1) is 28.6 Å². The van der Waals surface area contributed by atoms with Crippen molar-refractivity contribution in [2.45, 2.75) is 76.2 Å². The summed E-state index contributed by atoms with van der Waals surface area (Å²) in [7, 11) is 0. The van der Waals surface area contributed by atoms with Crippen LogP contribution in [0.15, 0.2) is 0 Å². The second-order valence-electron chi connectivity index (χ2n) is 7.52. The lowest BCUT2D eigenvalue weighted by atomic mass is 9.54. The van der Waals surface area contributed by atoms with Gasteiger partial charge in [0, 0.05) is 6.61 Å². The molecule has 3 unspecified atom stereocenters. The van der Waals surface area contributed by atoms with Crippen molar-refractivity contribution >= 4 is 0 Å². The smallest absolute Gasteiger partial charge is 0.110 e. The Kier molecular flexibility index (Phi) is 4.57. The summed E-state index contributed by atoms with van der Waals surface area (Å²) in [5.41, 5.74) is -1.48. The zero-order chi connectivity index (χ0) is 14.8. The van der Waals surface area contributed by atoms with E-state index in [-0.39, 0.29) is 0 Å². The van der Waals surface area contributed by atoms with E-state index in [1.165, 1.54) is 38.5 Å². The van der Waals surface area contributed by atoms with Crippen molar-refractivity contribution in [3.8, 4) is 6.07 Å². The minimum Gasteiger partial charge on any atom is -0.388 e. The number of rotatable bonds is 2. The molecule has 3 fully saturated rings. The van der Waals surface area contributed by atoms with E-state index in [1.54, 1.807) is 0 Å². The van der Waals surface area contributed by atoms with Crippen LogP contribution in [0.3, 0.4) is 0 Å². The molecule has 3 atom stereocenters. The Morgan fingerprint density at radius 2 is 1.71 bits per heavy atom. The zero-order valence-electron chi connectivity index (χ0n) is 13.1. The van der Waals surface area contributed by atoms with E-state index in [2.05, 4.69) is 6.07 Å². The highest BCUT2D eigenvalue weighted by atomic mass is 16.5. The predicted octanol–water partition coefficient (Wildman–Crippen LogP) is 3.81. The van der Waals surface area contributed by atoms with Crippen LogP contribution < -0.4 is 0 Å². The highest BCUT2D eigenvalue weighted by Crippen LogP contribution is 2.53. The average molecular weight is 291 g/mol. The zero-order valence-corrected chi connectivity index (χ0v) is 13.1. The summed E-state index contributed by atoms with van der Waals surface area (Å²) in [5.74, 6) is 0.934. The molecule has 1 N–H and O–H groups in total. The van der Waals surface area contributed by atoms with Crippen LogP contribution >= 0.6 is 0 Å². The van der Waals surface area contributed by atoms with Gasteiger partial charge in [0.25, 0.3) is 0 Å². The highest BCUT2D eigenvalue weighted by molar-refractivity contribution is 5.16. The summed E-state index contributed by atoms with van der Waals surface area (Å²) >= 11 is 0. The molecule has 2 saturated carbocycles. The van der Waals surface area contributed by atoms with Gasteiger partial charge in [-0.2, -0.15) is 5.26 Å². The van der Waals surface area contributed by atoms with Gasteiger partial charge in [-0.05, 0) is 37.5 Å². The van der Waals surface area contributed by atoms with Crippen molar-refractivity contribution in [1.82, 2.24) is 0 Å². The molecule has 0 aromatic carbocycles. The molecule has 3 rings (SSSR count). The Morgan fingerprint density at radius 1 is 0.952 bits per heavy atom. The first-order chi connectivity index (χ1) is 10.2. The molecule has 0 radical (unpaired) electrons. The first-order valence-electron chi connectivity index (χ1n) is 8.93. The van der Waals surface area contributed by atoms with E-state index in [4.69, 9.17) is 4.74 Å². The summed E-state index contributed by atoms with van der Waals surface area (Å²) in [4.78, 5) is 0. The molecule has 1 saturated heterocycles. The number of ether oxygens (including phenoxy) is 1. The van der Waals surface area contributed by atoms with Crippen molar-refractivity contribution in [1.29, 1.82) is 5.26 Å². The Labute approximate surface area is 128 Å². The molecule has 118 valence electrons. The van der Waals surface area contributed by atoms with E-state index in [1.807, 2.05) is 0 Å². The van der Waals surface area contributed by atoms with E-state index >= 15 is 0 Å². The van der Waals surface area contributed by atoms with Crippen molar-refractivity contribution in [3.05, 3.63) is 0 Å². The maximum atomic E-state index is 11.7. The molecule has 3 nitrogen and oxygen atoms in total. The molecule has 3 heteroatoms. The van der Waals surface area contributed by atoms with E-state index in [0.29, 0.717) is 18.4 Å². The molecule has 0 aromatic rings. The normalized spacial score (nSPS) is 42.4. The lowest BCUT2D eigenvalue weighted by Gasteiger charge is -2.53. The Balaban J connectivity index is 1.88. The van der Waals surface area contributed by atoms with Gasteiger partial charge in [0.15, 0.2) is 0 Å². The predicted molar refractivity (Wildman–Crippen MR) is 81.6 cm³/mol.